The van der Waals surface area contributed by atoms with Crippen LogP contribution >= 0.6 is 0 Å². The van der Waals surface area contributed by atoms with Crippen molar-refractivity contribution in [2.45, 2.75) is 32.8 Å². The molecular weight excluding hydrogens is 250 g/mol. The second-order valence-corrected chi connectivity index (χ2v) is 5.76. The summed E-state index contributed by atoms with van der Waals surface area (Å²) in [5.41, 5.74) is 2.34. The molecule has 0 spiro atoms. The van der Waals surface area contributed by atoms with Crippen LogP contribution in [0.25, 0.3) is 10.9 Å². The zero-order valence-corrected chi connectivity index (χ0v) is 12.3. The molecule has 3 rings (SSSR count). The normalized spacial score (nSPS) is 19.8. The number of benzene rings is 1. The Bertz CT molecular complexity index is 612. The molecule has 0 saturated carbocycles. The molecule has 2 aromatic rings. The van der Waals surface area contributed by atoms with Crippen LogP contribution in [0.5, 0.6) is 0 Å². The zero-order valence-electron chi connectivity index (χ0n) is 12.3. The number of nitrogens with zero attached hydrogens (tertiary/aromatic N) is 3. The first kappa shape index (κ1) is 13.3. The van der Waals surface area contributed by atoms with Crippen LogP contribution in [0, 0.1) is 0 Å². The molecule has 106 valence electrons. The number of fused-ring (bicyclic) bond motifs is 1. The van der Waals surface area contributed by atoms with Crippen molar-refractivity contribution in [3.63, 3.8) is 0 Å². The van der Waals surface area contributed by atoms with E-state index >= 15 is 0 Å². The van der Waals surface area contributed by atoms with Gasteiger partial charge in [-0.05, 0) is 30.5 Å². The fourth-order valence-corrected chi connectivity index (χ4v) is 2.68. The Balaban J connectivity index is 2.07. The van der Waals surface area contributed by atoms with Crippen molar-refractivity contribution in [3.05, 3.63) is 30.1 Å². The van der Waals surface area contributed by atoms with Crippen LogP contribution < -0.4 is 4.90 Å². The second-order valence-electron chi connectivity index (χ2n) is 5.76. The summed E-state index contributed by atoms with van der Waals surface area (Å²) in [6.07, 6.45) is 1.91. The van der Waals surface area contributed by atoms with E-state index in [1.54, 1.807) is 6.33 Å². The molecule has 0 N–H and O–H groups in total. The van der Waals surface area contributed by atoms with Crippen molar-refractivity contribution in [2.75, 3.05) is 24.6 Å². The summed E-state index contributed by atoms with van der Waals surface area (Å²) in [4.78, 5) is 11.2. The Labute approximate surface area is 119 Å². The van der Waals surface area contributed by atoms with Crippen LogP contribution in [-0.2, 0) is 4.74 Å². The fraction of sp³-hybridized carbons (Fsp3) is 0.500. The maximum Gasteiger partial charge on any atom is 0.140 e. The summed E-state index contributed by atoms with van der Waals surface area (Å²) in [5.74, 6) is 1.55. The fourth-order valence-electron chi connectivity index (χ4n) is 2.68. The molecule has 4 heteroatoms. The Morgan fingerprint density at radius 2 is 2.15 bits per heavy atom. The van der Waals surface area contributed by atoms with E-state index in [0.29, 0.717) is 5.92 Å². The monoisotopic (exact) mass is 271 g/mol. The molecule has 0 radical (unpaired) electrons. The first-order valence-corrected chi connectivity index (χ1v) is 7.26. The summed E-state index contributed by atoms with van der Waals surface area (Å²) in [6.45, 7) is 9.06. The van der Waals surface area contributed by atoms with Crippen LogP contribution in [0.3, 0.4) is 0 Å². The average molecular weight is 271 g/mol. The van der Waals surface area contributed by atoms with Crippen molar-refractivity contribution in [3.8, 4) is 0 Å². The minimum absolute atomic E-state index is 0.252. The van der Waals surface area contributed by atoms with Crippen molar-refractivity contribution in [1.29, 1.82) is 0 Å². The molecule has 0 aliphatic carbocycles. The highest BCUT2D eigenvalue weighted by atomic mass is 16.5. The Morgan fingerprint density at radius 3 is 2.90 bits per heavy atom. The molecule has 4 nitrogen and oxygen atoms in total. The lowest BCUT2D eigenvalue weighted by molar-refractivity contribution is 0.0530. The third kappa shape index (κ3) is 2.48. The smallest absolute Gasteiger partial charge is 0.140 e. The molecule has 1 aromatic carbocycles. The van der Waals surface area contributed by atoms with Crippen LogP contribution in [0.2, 0.25) is 0 Å². The lowest BCUT2D eigenvalue weighted by Crippen LogP contribution is -2.41. The van der Waals surface area contributed by atoms with Gasteiger partial charge in [0.15, 0.2) is 0 Å². The van der Waals surface area contributed by atoms with Gasteiger partial charge in [-0.15, -0.1) is 0 Å². The van der Waals surface area contributed by atoms with Crippen LogP contribution in [0.4, 0.5) is 5.82 Å². The predicted octanol–water partition coefficient (Wildman–Crippen LogP) is 2.98. The lowest BCUT2D eigenvalue weighted by Gasteiger charge is -2.32. The highest BCUT2D eigenvalue weighted by Gasteiger charge is 2.20. The molecule has 0 bridgehead atoms. The van der Waals surface area contributed by atoms with E-state index in [2.05, 4.69) is 53.8 Å². The molecule has 1 saturated heterocycles. The molecule has 0 unspecified atom stereocenters. The third-order valence-electron chi connectivity index (χ3n) is 3.85. The minimum atomic E-state index is 0.252. The highest BCUT2D eigenvalue weighted by Crippen LogP contribution is 2.27. The molecule has 1 aliphatic heterocycles. The van der Waals surface area contributed by atoms with E-state index in [9.17, 15) is 0 Å². The SMILES string of the molecule is CC(C)c1ccc2ncnc(N3CCO[C@@H](C)C3)c2c1. The third-order valence-corrected chi connectivity index (χ3v) is 3.85. The number of morpholine rings is 1. The van der Waals surface area contributed by atoms with E-state index in [0.717, 1.165) is 36.4 Å². The van der Waals surface area contributed by atoms with Gasteiger partial charge in [-0.2, -0.15) is 0 Å². The standard InChI is InChI=1S/C16H21N3O/c1-11(2)13-4-5-15-14(8-13)16(18-10-17-15)19-6-7-20-12(3)9-19/h4-5,8,10-12H,6-7,9H2,1-3H3/t12-/m0/s1. The number of anilines is 1. The van der Waals surface area contributed by atoms with E-state index < -0.39 is 0 Å². The van der Waals surface area contributed by atoms with Gasteiger partial charge in [0, 0.05) is 18.5 Å². The maximum absolute atomic E-state index is 5.62. The highest BCUT2D eigenvalue weighted by molar-refractivity contribution is 5.90. The van der Waals surface area contributed by atoms with Gasteiger partial charge in [0.1, 0.15) is 12.1 Å². The van der Waals surface area contributed by atoms with E-state index in [1.807, 2.05) is 0 Å². The quantitative estimate of drug-likeness (QED) is 0.841. The zero-order chi connectivity index (χ0) is 14.1. The Kier molecular flexibility index (Phi) is 3.57. The van der Waals surface area contributed by atoms with Crippen molar-refractivity contribution in [2.24, 2.45) is 0 Å². The van der Waals surface area contributed by atoms with Gasteiger partial charge < -0.3 is 9.64 Å². The number of hydrogen-bond acceptors (Lipinski definition) is 4. The van der Waals surface area contributed by atoms with Gasteiger partial charge in [-0.1, -0.05) is 19.9 Å². The first-order valence-electron chi connectivity index (χ1n) is 7.26. The molecular formula is C16H21N3O. The number of hydrogen-bond donors (Lipinski definition) is 0. The largest absolute Gasteiger partial charge is 0.375 e. The summed E-state index contributed by atoms with van der Waals surface area (Å²) >= 11 is 0. The van der Waals surface area contributed by atoms with Gasteiger partial charge >= 0.3 is 0 Å². The molecule has 1 aromatic heterocycles. The van der Waals surface area contributed by atoms with Crippen molar-refractivity contribution < 1.29 is 4.74 Å². The summed E-state index contributed by atoms with van der Waals surface area (Å²) < 4.78 is 5.62. The van der Waals surface area contributed by atoms with Gasteiger partial charge in [0.25, 0.3) is 0 Å². The topological polar surface area (TPSA) is 38.2 Å². The van der Waals surface area contributed by atoms with Gasteiger partial charge in [-0.3, -0.25) is 0 Å². The lowest BCUT2D eigenvalue weighted by atomic mass is 10.0. The van der Waals surface area contributed by atoms with E-state index in [4.69, 9.17) is 4.74 Å². The second kappa shape index (κ2) is 5.37. The first-order chi connectivity index (χ1) is 9.65. The molecule has 1 fully saturated rings. The van der Waals surface area contributed by atoms with E-state index in [1.165, 1.54) is 5.56 Å². The Hall–Kier alpha value is -1.68. The van der Waals surface area contributed by atoms with Gasteiger partial charge in [0.05, 0.1) is 18.2 Å². The average Bonchev–Trinajstić information content (AvgIpc) is 2.46. The van der Waals surface area contributed by atoms with Crippen LogP contribution in [0.1, 0.15) is 32.3 Å². The minimum Gasteiger partial charge on any atom is -0.375 e. The predicted molar refractivity (Wildman–Crippen MR) is 81.3 cm³/mol. The summed E-state index contributed by atoms with van der Waals surface area (Å²) in [7, 11) is 0. The van der Waals surface area contributed by atoms with E-state index in [-0.39, 0.29) is 6.10 Å². The molecule has 2 heterocycles. The van der Waals surface area contributed by atoms with Gasteiger partial charge in [0.2, 0.25) is 0 Å². The number of ether oxygens (including phenoxy) is 1. The van der Waals surface area contributed by atoms with Crippen LogP contribution in [-0.4, -0.2) is 35.8 Å². The Morgan fingerprint density at radius 1 is 1.30 bits per heavy atom. The van der Waals surface area contributed by atoms with Crippen LogP contribution in [0.15, 0.2) is 24.5 Å². The molecule has 1 aliphatic rings. The van der Waals surface area contributed by atoms with Crippen molar-refractivity contribution >= 4 is 16.7 Å². The number of aromatic nitrogens is 2. The molecule has 20 heavy (non-hydrogen) atoms. The molecule has 0 amide bonds. The van der Waals surface area contributed by atoms with Crippen molar-refractivity contribution in [1.82, 2.24) is 9.97 Å². The number of rotatable bonds is 2. The maximum atomic E-state index is 5.62. The summed E-state index contributed by atoms with van der Waals surface area (Å²) in [5, 5.41) is 1.15. The summed E-state index contributed by atoms with van der Waals surface area (Å²) in [6, 6.07) is 6.49. The molecule has 1 atom stereocenters. The van der Waals surface area contributed by atoms with Gasteiger partial charge in [-0.25, -0.2) is 9.97 Å².